The third-order valence-electron chi connectivity index (χ3n) is 5.06. The lowest BCUT2D eigenvalue weighted by Gasteiger charge is -2.17. The number of nitrogens with one attached hydrogen (secondary N) is 1. The van der Waals surface area contributed by atoms with E-state index in [9.17, 15) is 0 Å². The van der Waals surface area contributed by atoms with Gasteiger partial charge in [0, 0.05) is 36.5 Å². The fourth-order valence-electron chi connectivity index (χ4n) is 3.39. The summed E-state index contributed by atoms with van der Waals surface area (Å²) in [4.78, 5) is 8.51. The second-order valence-corrected chi connectivity index (χ2v) is 8.02. The molecule has 4 aromatic rings. The summed E-state index contributed by atoms with van der Waals surface area (Å²) < 4.78 is 18.9. The average Bonchev–Trinajstić information content (AvgIpc) is 3.33. The Hall–Kier alpha value is -3.36. The topological polar surface area (TPSA) is 96.5 Å². The maximum Gasteiger partial charge on any atom is 0.163 e. The van der Waals surface area contributed by atoms with Gasteiger partial charge in [-0.05, 0) is 18.6 Å². The Morgan fingerprint density at radius 3 is 2.58 bits per heavy atom. The first-order valence-corrected chi connectivity index (χ1v) is 10.9. The maximum atomic E-state index is 6.39. The van der Waals surface area contributed by atoms with Crippen molar-refractivity contribution in [3.63, 3.8) is 0 Å². The van der Waals surface area contributed by atoms with E-state index >= 15 is 0 Å². The number of nitrogens with two attached hydrogens (primary N) is 1. The molecule has 0 amide bonds. The summed E-state index contributed by atoms with van der Waals surface area (Å²) >= 11 is 12.6. The zero-order chi connectivity index (χ0) is 23.4. The molecular weight excluding hydrogens is 465 g/mol. The predicted molar refractivity (Wildman–Crippen MR) is 131 cm³/mol. The summed E-state index contributed by atoms with van der Waals surface area (Å²) in [5, 5.41) is 4.88. The molecule has 8 nitrogen and oxygen atoms in total. The number of imidazole rings is 1. The van der Waals surface area contributed by atoms with Crippen LogP contribution in [0.4, 0.5) is 17.1 Å². The Morgan fingerprint density at radius 2 is 1.85 bits per heavy atom. The second-order valence-electron chi connectivity index (χ2n) is 7.20. The van der Waals surface area contributed by atoms with Gasteiger partial charge in [-0.2, -0.15) is 0 Å². The highest BCUT2D eigenvalue weighted by molar-refractivity contribution is 6.37. The van der Waals surface area contributed by atoms with Crippen LogP contribution in [0.3, 0.4) is 0 Å². The number of aryl methyl sites for hydroxylation is 1. The molecule has 0 unspecified atom stereocenters. The molecular formula is C23H23Cl2N5O3. The SMILES string of the molecule is COc1cc(Nc2c(N)cnc3cc(OCCCn4ccnc4)c(OC)cc23)c(Cl)cc1Cl. The van der Waals surface area contributed by atoms with Crippen molar-refractivity contribution in [2.24, 2.45) is 0 Å². The van der Waals surface area contributed by atoms with Crippen molar-refractivity contribution in [3.05, 3.63) is 59.2 Å². The molecule has 0 saturated heterocycles. The van der Waals surface area contributed by atoms with E-state index in [2.05, 4.69) is 15.3 Å². The predicted octanol–water partition coefficient (Wildman–Crippen LogP) is 5.55. The van der Waals surface area contributed by atoms with Gasteiger partial charge < -0.3 is 29.8 Å². The van der Waals surface area contributed by atoms with E-state index in [0.717, 1.165) is 18.4 Å². The van der Waals surface area contributed by atoms with Gasteiger partial charge in [-0.1, -0.05) is 23.2 Å². The Bertz CT molecular complexity index is 1270. The van der Waals surface area contributed by atoms with Crippen molar-refractivity contribution < 1.29 is 14.2 Å². The minimum Gasteiger partial charge on any atom is -0.495 e. The van der Waals surface area contributed by atoms with Crippen molar-refractivity contribution >= 4 is 51.2 Å². The van der Waals surface area contributed by atoms with Gasteiger partial charge in [0.25, 0.3) is 0 Å². The van der Waals surface area contributed by atoms with Crippen LogP contribution in [0.2, 0.25) is 10.0 Å². The lowest BCUT2D eigenvalue weighted by Crippen LogP contribution is -2.05. The second kappa shape index (κ2) is 10.1. The number of fused-ring (bicyclic) bond motifs is 1. The molecule has 0 fully saturated rings. The van der Waals surface area contributed by atoms with Crippen LogP contribution >= 0.6 is 23.2 Å². The largest absolute Gasteiger partial charge is 0.495 e. The lowest BCUT2D eigenvalue weighted by molar-refractivity contribution is 0.283. The molecule has 2 aromatic heterocycles. The molecule has 0 radical (unpaired) electrons. The van der Waals surface area contributed by atoms with Gasteiger partial charge in [0.1, 0.15) is 5.75 Å². The molecule has 0 spiro atoms. The van der Waals surface area contributed by atoms with Crippen LogP contribution in [0.15, 0.2) is 49.2 Å². The van der Waals surface area contributed by atoms with Crippen LogP contribution in [0.5, 0.6) is 17.2 Å². The van der Waals surface area contributed by atoms with E-state index in [1.807, 2.05) is 22.9 Å². The normalized spacial score (nSPS) is 10.9. The minimum absolute atomic E-state index is 0.414. The number of anilines is 3. The Balaban J connectivity index is 1.62. The number of ether oxygens (including phenoxy) is 3. The number of nitrogen functional groups attached to an aromatic ring is 1. The number of aromatic nitrogens is 3. The van der Waals surface area contributed by atoms with E-state index in [4.69, 9.17) is 43.1 Å². The van der Waals surface area contributed by atoms with E-state index in [1.165, 1.54) is 7.11 Å². The lowest BCUT2D eigenvalue weighted by atomic mass is 10.1. The summed E-state index contributed by atoms with van der Waals surface area (Å²) in [5.41, 5.74) is 8.62. The number of hydrogen-bond acceptors (Lipinski definition) is 7. The number of pyridine rings is 1. The first kappa shape index (κ1) is 22.8. The fraction of sp³-hybridized carbons (Fsp3) is 0.217. The number of rotatable bonds is 9. The van der Waals surface area contributed by atoms with Gasteiger partial charge >= 0.3 is 0 Å². The Morgan fingerprint density at radius 1 is 1.03 bits per heavy atom. The van der Waals surface area contributed by atoms with Gasteiger partial charge in [0.15, 0.2) is 11.5 Å². The summed E-state index contributed by atoms with van der Waals surface area (Å²) in [6.07, 6.45) is 7.85. The number of methoxy groups -OCH3 is 2. The summed E-state index contributed by atoms with van der Waals surface area (Å²) in [7, 11) is 3.13. The zero-order valence-corrected chi connectivity index (χ0v) is 19.7. The smallest absolute Gasteiger partial charge is 0.163 e. The van der Waals surface area contributed by atoms with Crippen molar-refractivity contribution in [2.45, 2.75) is 13.0 Å². The molecule has 3 N–H and O–H groups in total. The van der Waals surface area contributed by atoms with Gasteiger partial charge in [-0.15, -0.1) is 0 Å². The van der Waals surface area contributed by atoms with E-state index < -0.39 is 0 Å². The van der Waals surface area contributed by atoms with E-state index in [-0.39, 0.29) is 0 Å². The number of hydrogen-bond donors (Lipinski definition) is 2. The molecule has 0 aliphatic rings. The van der Waals surface area contributed by atoms with Gasteiger partial charge in [-0.3, -0.25) is 4.98 Å². The summed E-state index contributed by atoms with van der Waals surface area (Å²) in [6.45, 7) is 1.32. The molecule has 0 aliphatic heterocycles. The maximum absolute atomic E-state index is 6.39. The highest BCUT2D eigenvalue weighted by Gasteiger charge is 2.15. The first-order valence-electron chi connectivity index (χ1n) is 10.1. The summed E-state index contributed by atoms with van der Waals surface area (Å²) in [6, 6.07) is 7.00. The van der Waals surface area contributed by atoms with Crippen molar-refractivity contribution in [2.75, 3.05) is 31.9 Å². The molecule has 10 heteroatoms. The van der Waals surface area contributed by atoms with Crippen LogP contribution in [-0.2, 0) is 6.54 Å². The Kier molecular flexibility index (Phi) is 6.96. The monoisotopic (exact) mass is 487 g/mol. The third-order valence-corrected chi connectivity index (χ3v) is 5.67. The highest BCUT2D eigenvalue weighted by Crippen LogP contribution is 2.41. The third kappa shape index (κ3) is 5.02. The Labute approximate surface area is 201 Å². The quantitative estimate of drug-likeness (QED) is 0.298. The first-order chi connectivity index (χ1) is 16.0. The van der Waals surface area contributed by atoms with Crippen LogP contribution in [0.1, 0.15) is 6.42 Å². The number of halogens is 2. The van der Waals surface area contributed by atoms with Crippen LogP contribution in [0, 0.1) is 0 Å². The van der Waals surface area contributed by atoms with Crippen LogP contribution < -0.4 is 25.3 Å². The number of benzene rings is 2. The van der Waals surface area contributed by atoms with Crippen molar-refractivity contribution in [1.29, 1.82) is 0 Å². The molecule has 2 heterocycles. The van der Waals surface area contributed by atoms with E-state index in [0.29, 0.717) is 56.5 Å². The van der Waals surface area contributed by atoms with E-state index in [1.54, 1.807) is 38.0 Å². The van der Waals surface area contributed by atoms with Crippen LogP contribution in [0.25, 0.3) is 10.9 Å². The van der Waals surface area contributed by atoms with Crippen molar-refractivity contribution in [3.8, 4) is 17.2 Å². The average molecular weight is 488 g/mol. The molecule has 172 valence electrons. The molecule has 0 saturated carbocycles. The van der Waals surface area contributed by atoms with Crippen LogP contribution in [-0.4, -0.2) is 35.4 Å². The molecule has 4 rings (SSSR count). The summed E-state index contributed by atoms with van der Waals surface area (Å²) in [5.74, 6) is 1.66. The van der Waals surface area contributed by atoms with Gasteiger partial charge in [0.2, 0.25) is 0 Å². The van der Waals surface area contributed by atoms with Gasteiger partial charge in [0.05, 0.1) is 66.0 Å². The molecule has 2 aromatic carbocycles. The van der Waals surface area contributed by atoms with Crippen molar-refractivity contribution in [1.82, 2.24) is 14.5 Å². The molecule has 0 atom stereocenters. The highest BCUT2D eigenvalue weighted by atomic mass is 35.5. The zero-order valence-electron chi connectivity index (χ0n) is 18.1. The molecule has 0 bridgehead atoms. The number of nitrogens with zero attached hydrogens (tertiary/aromatic N) is 3. The molecule has 0 aliphatic carbocycles. The fourth-order valence-corrected chi connectivity index (χ4v) is 3.90. The standard InChI is InChI=1S/C23H23Cl2N5O3/c1-31-20-11-19(15(24)9-16(20)25)29-23-14-8-21(32-2)22(10-18(14)28-12-17(23)26)33-7-3-5-30-6-4-27-13-30/h4,6,8-13H,3,5,7,26H2,1-2H3,(H,28,29). The minimum atomic E-state index is 0.414. The molecule has 33 heavy (non-hydrogen) atoms. The van der Waals surface area contributed by atoms with Gasteiger partial charge in [-0.25, -0.2) is 4.98 Å².